The topological polar surface area (TPSA) is 0 Å². The summed E-state index contributed by atoms with van der Waals surface area (Å²) < 4.78 is 0. The van der Waals surface area contributed by atoms with Crippen LogP contribution in [0.1, 0.15) is 125 Å². The van der Waals surface area contributed by atoms with Crippen molar-refractivity contribution in [1.82, 2.24) is 0 Å². The maximum absolute atomic E-state index is 2.36. The Morgan fingerprint density at radius 1 is 0.364 bits per heavy atom. The Bertz CT molecular complexity index is 915. The van der Waals surface area contributed by atoms with Crippen molar-refractivity contribution in [2.24, 2.45) is 0 Å². The fourth-order valence-electron chi connectivity index (χ4n) is 7.30. The van der Waals surface area contributed by atoms with Gasteiger partial charge in [0, 0.05) is 7.26 Å². The molecule has 0 fully saturated rings. The molecule has 3 aromatic rings. The molecule has 0 unspecified atom stereocenters. The summed E-state index contributed by atoms with van der Waals surface area (Å²) in [4.78, 5) is 0. The van der Waals surface area contributed by atoms with Gasteiger partial charge in [0.1, 0.15) is 0 Å². The second kappa shape index (κ2) is 23.5. The van der Waals surface area contributed by atoms with Gasteiger partial charge >= 0.3 is 0 Å². The Morgan fingerprint density at radius 2 is 0.659 bits per heavy atom. The normalized spacial score (nSPS) is 11.7. The molecule has 3 aromatic carbocycles. The van der Waals surface area contributed by atoms with Gasteiger partial charge in [0.15, 0.2) is 0 Å². The molecule has 0 aromatic heterocycles. The van der Waals surface area contributed by atoms with E-state index in [2.05, 4.69) is 126 Å². The maximum Gasteiger partial charge on any atom is 0.0814 e. The molecule has 0 aliphatic rings. The highest BCUT2D eigenvalue weighted by Gasteiger charge is 2.34. The van der Waals surface area contributed by atoms with Crippen LogP contribution in [0.4, 0.5) is 0 Å². The zero-order valence-corrected chi connectivity index (χ0v) is 30.5. The van der Waals surface area contributed by atoms with Gasteiger partial charge in [-0.15, -0.1) is 0 Å². The summed E-state index contributed by atoms with van der Waals surface area (Å²) in [5.41, 5.74) is 4.38. The highest BCUT2D eigenvalue weighted by Crippen LogP contribution is 2.61. The lowest BCUT2D eigenvalue weighted by Crippen LogP contribution is -2.66. The van der Waals surface area contributed by atoms with Gasteiger partial charge in [0.2, 0.25) is 0 Å². The van der Waals surface area contributed by atoms with E-state index in [4.69, 9.17) is 0 Å². The molecule has 0 bridgehead atoms. The Labute approximate surface area is 275 Å². The standard InChI is InChI=1S/C26H32B.C16H36P/c1-2-3-4-5-6-16-23-27(24-17-10-7-11-18-24,25-19-12-8-13-20-25)26-21-14-9-15-22-26;1-5-9-13-17(14-10-6-2,15-11-7-3)16-12-8-4/h7-15,17-22H,2-6,16,23H2,1H3;5-16H2,1-4H3/q-1;+1. The van der Waals surface area contributed by atoms with E-state index in [0.717, 1.165) is 0 Å². The van der Waals surface area contributed by atoms with Crippen LogP contribution < -0.4 is 16.4 Å². The van der Waals surface area contributed by atoms with E-state index in [1.54, 1.807) is 24.6 Å². The van der Waals surface area contributed by atoms with Gasteiger partial charge in [-0.25, -0.2) is 0 Å². The fraction of sp³-hybridized carbons (Fsp3) is 0.571. The summed E-state index contributed by atoms with van der Waals surface area (Å²) in [6.45, 7) is 11.7. The molecular weight excluding hydrogens is 546 g/mol. The zero-order chi connectivity index (χ0) is 31.8. The van der Waals surface area contributed by atoms with E-state index in [0.29, 0.717) is 0 Å². The van der Waals surface area contributed by atoms with Crippen molar-refractivity contribution < 1.29 is 0 Å². The van der Waals surface area contributed by atoms with Gasteiger partial charge in [0.05, 0.1) is 30.8 Å². The van der Waals surface area contributed by atoms with Gasteiger partial charge in [-0.2, -0.15) is 22.7 Å². The predicted molar refractivity (Wildman–Crippen MR) is 208 cm³/mol. The third-order valence-corrected chi connectivity index (χ3v) is 15.1. The summed E-state index contributed by atoms with van der Waals surface area (Å²) in [5, 5.41) is 0. The Balaban J connectivity index is 0.000000345. The summed E-state index contributed by atoms with van der Waals surface area (Å²) >= 11 is 0. The molecule has 0 atom stereocenters. The minimum absolute atomic E-state index is 0.562. The molecule has 0 heterocycles. The van der Waals surface area contributed by atoms with Gasteiger partial charge in [-0.1, -0.05) is 190 Å². The highest BCUT2D eigenvalue weighted by atomic mass is 31.2. The van der Waals surface area contributed by atoms with Crippen LogP contribution in [0.2, 0.25) is 6.32 Å². The highest BCUT2D eigenvalue weighted by molar-refractivity contribution is 7.75. The van der Waals surface area contributed by atoms with Crippen LogP contribution in [0.3, 0.4) is 0 Å². The molecule has 0 saturated carbocycles. The molecule has 0 saturated heterocycles. The minimum Gasteiger partial charge on any atom is -0.200 e. The lowest BCUT2D eigenvalue weighted by atomic mass is 9.14. The number of hydrogen-bond acceptors (Lipinski definition) is 0. The first-order valence-electron chi connectivity index (χ1n) is 18.8. The van der Waals surface area contributed by atoms with Gasteiger partial charge in [-0.3, -0.25) is 0 Å². The summed E-state index contributed by atoms with van der Waals surface area (Å²) in [7, 11) is -0.562. The first kappa shape index (κ1) is 38.3. The molecule has 2 heteroatoms. The molecular formula is C42H68BP. The average molecular weight is 615 g/mol. The number of hydrogen-bond donors (Lipinski definition) is 0. The fourth-order valence-corrected chi connectivity index (χ4v) is 12.6. The predicted octanol–water partition coefficient (Wildman–Crippen LogP) is 11.7. The lowest BCUT2D eigenvalue weighted by molar-refractivity contribution is 0.623. The lowest BCUT2D eigenvalue weighted by Gasteiger charge is -2.43. The van der Waals surface area contributed by atoms with Crippen LogP contribution in [0.15, 0.2) is 91.0 Å². The molecule has 0 aliphatic carbocycles. The number of unbranched alkanes of at least 4 members (excludes halogenated alkanes) is 9. The van der Waals surface area contributed by atoms with Crippen molar-refractivity contribution in [3.05, 3.63) is 91.0 Å². The zero-order valence-electron chi connectivity index (χ0n) is 29.6. The summed E-state index contributed by atoms with van der Waals surface area (Å²) in [6, 6.07) is 33.5. The van der Waals surface area contributed by atoms with Crippen LogP contribution in [0.25, 0.3) is 0 Å². The largest absolute Gasteiger partial charge is 0.200 e. The second-order valence-electron chi connectivity index (χ2n) is 13.5. The average Bonchev–Trinajstić information content (AvgIpc) is 3.09. The van der Waals surface area contributed by atoms with Crippen molar-refractivity contribution in [3.8, 4) is 0 Å². The molecule has 3 rings (SSSR count). The smallest absolute Gasteiger partial charge is 0.0814 e. The third kappa shape index (κ3) is 12.9. The first-order valence-corrected chi connectivity index (χ1v) is 21.3. The van der Waals surface area contributed by atoms with E-state index < -0.39 is 13.4 Å². The summed E-state index contributed by atoms with van der Waals surface area (Å²) in [5.74, 6) is 0. The second-order valence-corrected chi connectivity index (χ2v) is 18.0. The molecule has 0 radical (unpaired) electrons. The molecule has 0 amide bonds. The Morgan fingerprint density at radius 3 is 0.977 bits per heavy atom. The number of benzene rings is 3. The maximum atomic E-state index is 2.36. The van der Waals surface area contributed by atoms with Crippen LogP contribution in [-0.2, 0) is 0 Å². The molecule has 0 aliphatic heterocycles. The van der Waals surface area contributed by atoms with Gasteiger partial charge < -0.3 is 0 Å². The van der Waals surface area contributed by atoms with Crippen molar-refractivity contribution in [3.63, 3.8) is 0 Å². The van der Waals surface area contributed by atoms with E-state index in [-0.39, 0.29) is 0 Å². The quantitative estimate of drug-likeness (QED) is 0.0600. The number of rotatable bonds is 22. The Hall–Kier alpha value is -1.85. The van der Waals surface area contributed by atoms with Crippen molar-refractivity contribution in [1.29, 1.82) is 0 Å². The third-order valence-electron chi connectivity index (χ3n) is 10.0. The Kier molecular flexibility index (Phi) is 20.5. The van der Waals surface area contributed by atoms with E-state index in [1.807, 2.05) is 0 Å². The van der Waals surface area contributed by atoms with Crippen molar-refractivity contribution in [2.75, 3.05) is 24.6 Å². The minimum atomic E-state index is -0.938. The van der Waals surface area contributed by atoms with Gasteiger partial charge in [-0.05, 0) is 25.7 Å². The van der Waals surface area contributed by atoms with Crippen LogP contribution in [0, 0.1) is 0 Å². The van der Waals surface area contributed by atoms with Crippen LogP contribution in [0.5, 0.6) is 0 Å². The molecule has 0 N–H and O–H groups in total. The SMILES string of the molecule is CCCCCCCC[B-](c1ccccc1)(c1ccccc1)c1ccccc1.CCCC[P+](CCCC)(CCCC)CCCC. The molecule has 0 nitrogen and oxygen atoms in total. The van der Waals surface area contributed by atoms with E-state index in [9.17, 15) is 0 Å². The molecule has 44 heavy (non-hydrogen) atoms. The van der Waals surface area contributed by atoms with Crippen molar-refractivity contribution in [2.45, 2.75) is 131 Å². The van der Waals surface area contributed by atoms with Crippen molar-refractivity contribution >= 4 is 29.8 Å². The van der Waals surface area contributed by atoms with Gasteiger partial charge in [0.25, 0.3) is 0 Å². The molecule has 244 valence electrons. The van der Waals surface area contributed by atoms with E-state index in [1.165, 1.54) is 113 Å². The first-order chi connectivity index (χ1) is 21.6. The summed E-state index contributed by atoms with van der Waals surface area (Å²) in [6.07, 6.45) is 26.2. The van der Waals surface area contributed by atoms with Crippen LogP contribution >= 0.6 is 7.26 Å². The van der Waals surface area contributed by atoms with E-state index >= 15 is 0 Å². The van der Waals surface area contributed by atoms with Crippen LogP contribution in [-0.4, -0.2) is 30.8 Å². The molecule has 0 spiro atoms. The monoisotopic (exact) mass is 615 g/mol.